The summed E-state index contributed by atoms with van der Waals surface area (Å²) in [7, 11) is 0. The molecule has 0 aliphatic carbocycles. The normalized spacial score (nSPS) is 10.8. The molecule has 2 N–H and O–H groups in total. The average Bonchev–Trinajstić information content (AvgIpc) is 2.71. The molecule has 1 aromatic rings. The van der Waals surface area contributed by atoms with Crippen LogP contribution in [0.3, 0.4) is 0 Å². The number of hydrogen-bond donors (Lipinski definition) is 2. The lowest BCUT2D eigenvalue weighted by Gasteiger charge is -2.06. The van der Waals surface area contributed by atoms with Gasteiger partial charge in [-0.3, -0.25) is 9.59 Å². The second-order valence-electron chi connectivity index (χ2n) is 8.12. The van der Waals surface area contributed by atoms with Crippen LogP contribution in [-0.4, -0.2) is 23.5 Å². The predicted octanol–water partition coefficient (Wildman–Crippen LogP) is 6.52. The van der Waals surface area contributed by atoms with Crippen molar-refractivity contribution in [2.45, 2.75) is 103 Å². The van der Waals surface area contributed by atoms with Crippen LogP contribution in [0.15, 0.2) is 24.3 Å². The van der Waals surface area contributed by atoms with Crippen molar-refractivity contribution in [2.75, 3.05) is 6.54 Å². The topological polar surface area (TPSA) is 66.4 Å². The molecule has 0 saturated carbocycles. The number of amides is 1. The lowest BCUT2D eigenvalue weighted by atomic mass is 10.0. The summed E-state index contributed by atoms with van der Waals surface area (Å²) in [6, 6.07) is 6.79. The van der Waals surface area contributed by atoms with E-state index in [-0.39, 0.29) is 12.3 Å². The lowest BCUT2D eigenvalue weighted by molar-refractivity contribution is -0.136. The van der Waals surface area contributed by atoms with Gasteiger partial charge in [-0.25, -0.2) is 0 Å². The predicted molar refractivity (Wildman–Crippen MR) is 120 cm³/mol. The molecule has 0 radical (unpaired) electrons. The van der Waals surface area contributed by atoms with Crippen LogP contribution in [0, 0.1) is 0 Å². The molecule has 0 saturated heterocycles. The van der Waals surface area contributed by atoms with Gasteiger partial charge in [0.25, 0.3) is 5.91 Å². The number of rotatable bonds is 18. The average molecular weight is 404 g/mol. The maximum atomic E-state index is 12.1. The van der Waals surface area contributed by atoms with E-state index >= 15 is 0 Å². The third-order valence-electron chi connectivity index (χ3n) is 5.39. The van der Waals surface area contributed by atoms with E-state index in [1.54, 1.807) is 24.3 Å². The Kier molecular flexibility index (Phi) is 14.8. The number of hydrogen-bond acceptors (Lipinski definition) is 2. The molecule has 29 heavy (non-hydrogen) atoms. The third kappa shape index (κ3) is 13.9. The van der Waals surface area contributed by atoms with E-state index in [0.717, 1.165) is 12.8 Å². The lowest BCUT2D eigenvalue weighted by Crippen LogP contribution is -2.24. The molecular formula is C25H41NO3. The van der Waals surface area contributed by atoms with Crippen LogP contribution >= 0.6 is 0 Å². The van der Waals surface area contributed by atoms with Gasteiger partial charge < -0.3 is 10.4 Å². The van der Waals surface area contributed by atoms with Gasteiger partial charge in [-0.1, -0.05) is 103 Å². The number of carboxylic acid groups (broad SMARTS) is 1. The monoisotopic (exact) mass is 403 g/mol. The summed E-state index contributed by atoms with van der Waals surface area (Å²) < 4.78 is 0. The van der Waals surface area contributed by atoms with Gasteiger partial charge in [0.1, 0.15) is 0 Å². The molecule has 164 valence electrons. The SMILES string of the molecule is CCCCCCCCCCCCCCCCNC(=O)c1ccc(CC(=O)O)cc1. The van der Waals surface area contributed by atoms with E-state index in [0.29, 0.717) is 17.7 Å². The first-order valence-corrected chi connectivity index (χ1v) is 11.7. The summed E-state index contributed by atoms with van der Waals surface area (Å²) >= 11 is 0. The zero-order valence-electron chi connectivity index (χ0n) is 18.4. The Hall–Kier alpha value is -1.84. The second-order valence-corrected chi connectivity index (χ2v) is 8.12. The van der Waals surface area contributed by atoms with Crippen molar-refractivity contribution in [3.8, 4) is 0 Å². The summed E-state index contributed by atoms with van der Waals surface area (Å²) in [4.78, 5) is 22.8. The van der Waals surface area contributed by atoms with E-state index in [1.807, 2.05) is 0 Å². The van der Waals surface area contributed by atoms with E-state index < -0.39 is 5.97 Å². The van der Waals surface area contributed by atoms with Crippen LogP contribution in [0.1, 0.15) is 113 Å². The van der Waals surface area contributed by atoms with Gasteiger partial charge in [-0.15, -0.1) is 0 Å². The van der Waals surface area contributed by atoms with Crippen molar-refractivity contribution in [3.63, 3.8) is 0 Å². The first kappa shape index (κ1) is 25.2. The van der Waals surface area contributed by atoms with Gasteiger partial charge in [0.05, 0.1) is 6.42 Å². The molecule has 0 atom stereocenters. The highest BCUT2D eigenvalue weighted by atomic mass is 16.4. The molecule has 0 bridgehead atoms. The number of aliphatic carboxylic acids is 1. The minimum absolute atomic E-state index is 0.0130. The van der Waals surface area contributed by atoms with Crippen molar-refractivity contribution in [2.24, 2.45) is 0 Å². The quantitative estimate of drug-likeness (QED) is 0.274. The van der Waals surface area contributed by atoms with Crippen LogP contribution in [0.2, 0.25) is 0 Å². The number of unbranched alkanes of at least 4 members (excludes halogenated alkanes) is 13. The van der Waals surface area contributed by atoms with Crippen LogP contribution in [-0.2, 0) is 11.2 Å². The molecule has 0 fully saturated rings. The Morgan fingerprint density at radius 2 is 1.17 bits per heavy atom. The number of carbonyl (C=O) groups excluding carboxylic acids is 1. The first-order chi connectivity index (χ1) is 14.1. The van der Waals surface area contributed by atoms with Gasteiger partial charge in [0.15, 0.2) is 0 Å². The Balaban J connectivity index is 1.91. The van der Waals surface area contributed by atoms with Crippen LogP contribution in [0.4, 0.5) is 0 Å². The molecule has 4 heteroatoms. The molecule has 1 aromatic carbocycles. The molecule has 4 nitrogen and oxygen atoms in total. The highest BCUT2D eigenvalue weighted by molar-refractivity contribution is 5.94. The van der Waals surface area contributed by atoms with Crippen molar-refractivity contribution in [1.29, 1.82) is 0 Å². The van der Waals surface area contributed by atoms with Gasteiger partial charge >= 0.3 is 5.97 Å². The van der Waals surface area contributed by atoms with Crippen molar-refractivity contribution >= 4 is 11.9 Å². The minimum atomic E-state index is -0.861. The number of carbonyl (C=O) groups is 2. The highest BCUT2D eigenvalue weighted by Crippen LogP contribution is 2.13. The fourth-order valence-corrected chi connectivity index (χ4v) is 3.57. The minimum Gasteiger partial charge on any atom is -0.481 e. The summed E-state index contributed by atoms with van der Waals surface area (Å²) in [5, 5.41) is 11.7. The zero-order valence-corrected chi connectivity index (χ0v) is 18.4. The van der Waals surface area contributed by atoms with Gasteiger partial charge in [0.2, 0.25) is 0 Å². The maximum absolute atomic E-state index is 12.1. The van der Waals surface area contributed by atoms with Crippen LogP contribution < -0.4 is 5.32 Å². The Morgan fingerprint density at radius 1 is 0.724 bits per heavy atom. The van der Waals surface area contributed by atoms with Crippen LogP contribution in [0.25, 0.3) is 0 Å². The molecule has 0 spiro atoms. The smallest absolute Gasteiger partial charge is 0.307 e. The van der Waals surface area contributed by atoms with Gasteiger partial charge in [-0.2, -0.15) is 0 Å². The Bertz CT molecular complexity index is 554. The van der Waals surface area contributed by atoms with E-state index in [1.165, 1.54) is 77.0 Å². The number of nitrogens with one attached hydrogen (secondary N) is 1. The van der Waals surface area contributed by atoms with Crippen molar-refractivity contribution in [1.82, 2.24) is 5.32 Å². The summed E-state index contributed by atoms with van der Waals surface area (Å²) in [5.74, 6) is -0.943. The highest BCUT2D eigenvalue weighted by Gasteiger charge is 2.06. The summed E-state index contributed by atoms with van der Waals surface area (Å²) in [6.07, 6.45) is 18.6. The summed E-state index contributed by atoms with van der Waals surface area (Å²) in [5.41, 5.74) is 1.30. The Labute approximate surface area is 177 Å². The van der Waals surface area contributed by atoms with Gasteiger partial charge in [-0.05, 0) is 24.1 Å². The van der Waals surface area contributed by atoms with Gasteiger partial charge in [0, 0.05) is 12.1 Å². The zero-order chi connectivity index (χ0) is 21.2. The van der Waals surface area contributed by atoms with Crippen molar-refractivity contribution < 1.29 is 14.7 Å². The molecule has 0 unspecified atom stereocenters. The van der Waals surface area contributed by atoms with Crippen molar-refractivity contribution in [3.05, 3.63) is 35.4 Å². The fourth-order valence-electron chi connectivity index (χ4n) is 3.57. The molecule has 0 aromatic heterocycles. The maximum Gasteiger partial charge on any atom is 0.307 e. The first-order valence-electron chi connectivity index (χ1n) is 11.7. The number of benzene rings is 1. The van der Waals surface area contributed by atoms with E-state index in [2.05, 4.69) is 12.2 Å². The fraction of sp³-hybridized carbons (Fsp3) is 0.680. The van der Waals surface area contributed by atoms with Crippen LogP contribution in [0.5, 0.6) is 0 Å². The number of carboxylic acids is 1. The molecular weight excluding hydrogens is 362 g/mol. The largest absolute Gasteiger partial charge is 0.481 e. The second kappa shape index (κ2) is 17.1. The van der Waals surface area contributed by atoms with E-state index in [9.17, 15) is 9.59 Å². The molecule has 0 aliphatic heterocycles. The Morgan fingerprint density at radius 3 is 1.62 bits per heavy atom. The van der Waals surface area contributed by atoms with E-state index in [4.69, 9.17) is 5.11 Å². The molecule has 1 rings (SSSR count). The summed E-state index contributed by atoms with van der Waals surface area (Å²) in [6.45, 7) is 2.97. The molecule has 1 amide bonds. The standard InChI is InChI=1S/C25H41NO3/c1-2-3-4-5-6-7-8-9-10-11-12-13-14-15-20-26-25(29)23-18-16-22(17-19-23)21-24(27)28/h16-19H,2-15,20-21H2,1H3,(H,26,29)(H,27,28). The molecule has 0 heterocycles. The third-order valence-corrected chi connectivity index (χ3v) is 5.39. The molecule has 0 aliphatic rings.